The predicted molar refractivity (Wildman–Crippen MR) is 34.6 cm³/mol. The zero-order valence-electron chi connectivity index (χ0n) is 5.79. The van der Waals surface area contributed by atoms with Crippen LogP contribution in [0.3, 0.4) is 0 Å². The monoisotopic (exact) mass is 139 g/mol. The fourth-order valence-electron chi connectivity index (χ4n) is 0.940. The molecule has 0 saturated carbocycles. The molecule has 2 rings (SSSR count). The third-order valence-corrected chi connectivity index (χ3v) is 1.67. The normalized spacial score (nSPS) is 18.9. The van der Waals surface area contributed by atoms with Crippen molar-refractivity contribution in [2.45, 2.75) is 12.8 Å². The first-order valence-electron chi connectivity index (χ1n) is 3.37. The maximum absolute atomic E-state index is 5.23. The Bertz CT molecular complexity index is 229. The van der Waals surface area contributed by atoms with E-state index in [-0.39, 0.29) is 0 Å². The first-order valence-corrected chi connectivity index (χ1v) is 3.37. The minimum Gasteiger partial charge on any atom is -0.425 e. The average molecular weight is 139 g/mol. The van der Waals surface area contributed by atoms with Gasteiger partial charge in [-0.1, -0.05) is 0 Å². The summed E-state index contributed by atoms with van der Waals surface area (Å²) in [7, 11) is 0. The van der Waals surface area contributed by atoms with Gasteiger partial charge >= 0.3 is 0 Å². The second-order valence-electron chi connectivity index (χ2n) is 2.51. The van der Waals surface area contributed by atoms with Crippen LogP contribution in [-0.2, 0) is 0 Å². The highest BCUT2D eigenvalue weighted by molar-refractivity contribution is 4.98. The van der Waals surface area contributed by atoms with Crippen LogP contribution < -0.4 is 5.32 Å². The number of rotatable bonds is 1. The van der Waals surface area contributed by atoms with E-state index < -0.39 is 0 Å². The van der Waals surface area contributed by atoms with E-state index in [0.29, 0.717) is 11.8 Å². The molecule has 2 heterocycles. The lowest BCUT2D eigenvalue weighted by Gasteiger charge is -2.22. The van der Waals surface area contributed by atoms with Crippen molar-refractivity contribution in [2.24, 2.45) is 0 Å². The summed E-state index contributed by atoms with van der Waals surface area (Å²) in [6.07, 6.45) is 0. The van der Waals surface area contributed by atoms with E-state index in [2.05, 4.69) is 15.5 Å². The molecular formula is C6H9N3O. The molecule has 0 spiro atoms. The molecule has 1 aromatic heterocycles. The Hall–Kier alpha value is -0.900. The fraction of sp³-hybridized carbons (Fsp3) is 0.667. The summed E-state index contributed by atoms with van der Waals surface area (Å²) < 4.78 is 5.23. The summed E-state index contributed by atoms with van der Waals surface area (Å²) in [6, 6.07) is 0. The molecule has 1 N–H and O–H groups in total. The number of nitrogens with zero attached hydrogens (tertiary/aromatic N) is 2. The Morgan fingerprint density at radius 2 is 2.30 bits per heavy atom. The summed E-state index contributed by atoms with van der Waals surface area (Å²) >= 11 is 0. The van der Waals surface area contributed by atoms with Gasteiger partial charge in [-0.05, 0) is 0 Å². The number of aromatic nitrogens is 2. The van der Waals surface area contributed by atoms with Crippen molar-refractivity contribution in [1.82, 2.24) is 15.5 Å². The van der Waals surface area contributed by atoms with E-state index in [4.69, 9.17) is 4.42 Å². The minimum absolute atomic E-state index is 0.459. The molecule has 0 amide bonds. The van der Waals surface area contributed by atoms with Crippen LogP contribution in [0.5, 0.6) is 0 Å². The standard InChI is InChI=1S/C6H9N3O/c1-4-8-9-6(10-4)5-2-7-3-5/h5,7H,2-3H2,1H3. The Kier molecular flexibility index (Phi) is 1.20. The highest BCUT2D eigenvalue weighted by Gasteiger charge is 2.23. The molecule has 1 saturated heterocycles. The molecule has 0 aromatic carbocycles. The Morgan fingerprint density at radius 3 is 2.70 bits per heavy atom. The van der Waals surface area contributed by atoms with Crippen LogP contribution >= 0.6 is 0 Å². The molecule has 1 fully saturated rings. The van der Waals surface area contributed by atoms with Gasteiger partial charge in [0.1, 0.15) is 0 Å². The molecule has 54 valence electrons. The van der Waals surface area contributed by atoms with Gasteiger partial charge in [0.15, 0.2) is 0 Å². The van der Waals surface area contributed by atoms with Gasteiger partial charge in [0, 0.05) is 20.0 Å². The molecule has 0 unspecified atom stereocenters. The van der Waals surface area contributed by atoms with Gasteiger partial charge < -0.3 is 9.73 Å². The first-order chi connectivity index (χ1) is 4.86. The van der Waals surface area contributed by atoms with Crippen LogP contribution in [0.1, 0.15) is 17.7 Å². The highest BCUT2D eigenvalue weighted by atomic mass is 16.4. The van der Waals surface area contributed by atoms with Crippen LogP contribution in [0.4, 0.5) is 0 Å². The summed E-state index contributed by atoms with van der Waals surface area (Å²) in [5, 5.41) is 10.8. The molecule has 0 atom stereocenters. The zero-order chi connectivity index (χ0) is 6.97. The smallest absolute Gasteiger partial charge is 0.222 e. The topological polar surface area (TPSA) is 51.0 Å². The summed E-state index contributed by atoms with van der Waals surface area (Å²) in [4.78, 5) is 0. The second-order valence-corrected chi connectivity index (χ2v) is 2.51. The van der Waals surface area contributed by atoms with Gasteiger partial charge in [-0.2, -0.15) is 0 Å². The molecule has 10 heavy (non-hydrogen) atoms. The van der Waals surface area contributed by atoms with E-state index in [1.54, 1.807) is 0 Å². The summed E-state index contributed by atoms with van der Waals surface area (Å²) in [6.45, 7) is 3.76. The molecular weight excluding hydrogens is 130 g/mol. The van der Waals surface area contributed by atoms with Crippen molar-refractivity contribution in [3.05, 3.63) is 11.8 Å². The quantitative estimate of drug-likeness (QED) is 0.598. The summed E-state index contributed by atoms with van der Waals surface area (Å²) in [5.74, 6) is 1.89. The number of hydrogen-bond acceptors (Lipinski definition) is 4. The van der Waals surface area contributed by atoms with Crippen LogP contribution in [0.25, 0.3) is 0 Å². The van der Waals surface area contributed by atoms with Crippen LogP contribution in [0.2, 0.25) is 0 Å². The van der Waals surface area contributed by atoms with E-state index in [1.807, 2.05) is 6.92 Å². The molecule has 0 bridgehead atoms. The second kappa shape index (κ2) is 2.05. The van der Waals surface area contributed by atoms with Gasteiger partial charge in [0.25, 0.3) is 0 Å². The number of hydrogen-bond donors (Lipinski definition) is 1. The fourth-order valence-corrected chi connectivity index (χ4v) is 0.940. The molecule has 1 aliphatic heterocycles. The average Bonchev–Trinajstić information content (AvgIpc) is 2.10. The van der Waals surface area contributed by atoms with Crippen molar-refractivity contribution in [3.63, 3.8) is 0 Å². The molecule has 1 aromatic rings. The Morgan fingerprint density at radius 1 is 1.50 bits per heavy atom. The van der Waals surface area contributed by atoms with Gasteiger partial charge in [0.2, 0.25) is 11.8 Å². The zero-order valence-corrected chi connectivity index (χ0v) is 5.79. The molecule has 1 aliphatic rings. The molecule has 4 nitrogen and oxygen atoms in total. The molecule has 0 radical (unpaired) electrons. The van der Waals surface area contributed by atoms with Gasteiger partial charge in [-0.3, -0.25) is 0 Å². The van der Waals surface area contributed by atoms with Gasteiger partial charge in [-0.15, -0.1) is 10.2 Å². The maximum Gasteiger partial charge on any atom is 0.222 e. The van der Waals surface area contributed by atoms with Crippen molar-refractivity contribution in [2.75, 3.05) is 13.1 Å². The van der Waals surface area contributed by atoms with E-state index in [9.17, 15) is 0 Å². The van der Waals surface area contributed by atoms with Gasteiger partial charge in [0.05, 0.1) is 5.92 Å². The van der Waals surface area contributed by atoms with Crippen LogP contribution in [0, 0.1) is 6.92 Å². The maximum atomic E-state index is 5.23. The Labute approximate surface area is 58.6 Å². The lowest BCUT2D eigenvalue weighted by Crippen LogP contribution is -2.40. The summed E-state index contributed by atoms with van der Waals surface area (Å²) in [5.41, 5.74) is 0. The van der Waals surface area contributed by atoms with E-state index >= 15 is 0 Å². The Balaban J connectivity index is 2.17. The van der Waals surface area contributed by atoms with E-state index in [0.717, 1.165) is 19.0 Å². The first kappa shape index (κ1) is 5.85. The number of nitrogens with one attached hydrogen (secondary N) is 1. The van der Waals surface area contributed by atoms with Crippen LogP contribution in [0.15, 0.2) is 4.42 Å². The van der Waals surface area contributed by atoms with Gasteiger partial charge in [-0.25, -0.2) is 0 Å². The van der Waals surface area contributed by atoms with E-state index in [1.165, 1.54) is 0 Å². The van der Waals surface area contributed by atoms with Crippen molar-refractivity contribution in [3.8, 4) is 0 Å². The SMILES string of the molecule is Cc1nnc(C2CNC2)o1. The third kappa shape index (κ3) is 0.806. The predicted octanol–water partition coefficient (Wildman–Crippen LogP) is 0.0648. The van der Waals surface area contributed by atoms with Crippen molar-refractivity contribution < 1.29 is 4.42 Å². The third-order valence-electron chi connectivity index (χ3n) is 1.67. The van der Waals surface area contributed by atoms with Crippen molar-refractivity contribution in [1.29, 1.82) is 0 Å². The number of aryl methyl sites for hydroxylation is 1. The lowest BCUT2D eigenvalue weighted by atomic mass is 10.0. The molecule has 0 aliphatic carbocycles. The van der Waals surface area contributed by atoms with Crippen molar-refractivity contribution >= 4 is 0 Å². The van der Waals surface area contributed by atoms with Crippen LogP contribution in [-0.4, -0.2) is 23.3 Å². The minimum atomic E-state index is 0.459. The lowest BCUT2D eigenvalue weighted by molar-refractivity contribution is 0.350. The largest absolute Gasteiger partial charge is 0.425 e. The molecule has 4 heteroatoms. The highest BCUT2D eigenvalue weighted by Crippen LogP contribution is 2.17.